The molecule has 6 heteroatoms. The number of aromatic amines is 1. The molecule has 0 saturated carbocycles. The number of thiophene rings is 1. The number of carboxylic acid groups (broad SMARTS) is 1. The first kappa shape index (κ1) is 13.4. The number of hydrogen-bond donors (Lipinski definition) is 3. The van der Waals surface area contributed by atoms with E-state index in [2.05, 4.69) is 10.3 Å². The van der Waals surface area contributed by atoms with Crippen LogP contribution in [0.2, 0.25) is 0 Å². The van der Waals surface area contributed by atoms with E-state index in [1.807, 2.05) is 24.3 Å². The SMILES string of the molecule is O=C(NC(C(=O)O)c1cccs1)c1cc2ccccc2[nH]1. The third-order valence-electron chi connectivity index (χ3n) is 3.12. The van der Waals surface area contributed by atoms with Gasteiger partial charge in [0.1, 0.15) is 5.69 Å². The number of carbonyl (C=O) groups is 2. The summed E-state index contributed by atoms with van der Waals surface area (Å²) in [7, 11) is 0. The molecule has 0 aliphatic carbocycles. The second-order valence-electron chi connectivity index (χ2n) is 4.53. The maximum absolute atomic E-state index is 12.2. The van der Waals surface area contributed by atoms with Crippen molar-refractivity contribution < 1.29 is 14.7 Å². The zero-order valence-corrected chi connectivity index (χ0v) is 11.7. The molecule has 0 aliphatic heterocycles. The van der Waals surface area contributed by atoms with Gasteiger partial charge in [0, 0.05) is 15.8 Å². The predicted molar refractivity (Wildman–Crippen MR) is 80.5 cm³/mol. The minimum Gasteiger partial charge on any atom is -0.479 e. The van der Waals surface area contributed by atoms with Crippen molar-refractivity contribution >= 4 is 34.1 Å². The summed E-state index contributed by atoms with van der Waals surface area (Å²) >= 11 is 1.30. The summed E-state index contributed by atoms with van der Waals surface area (Å²) in [6.07, 6.45) is 0. The number of hydrogen-bond acceptors (Lipinski definition) is 3. The molecule has 1 amide bonds. The highest BCUT2D eigenvalue weighted by atomic mass is 32.1. The van der Waals surface area contributed by atoms with Gasteiger partial charge in [0.05, 0.1) is 0 Å². The summed E-state index contributed by atoms with van der Waals surface area (Å²) in [5, 5.41) is 14.5. The van der Waals surface area contributed by atoms with Crippen molar-refractivity contribution in [3.63, 3.8) is 0 Å². The second kappa shape index (κ2) is 5.41. The van der Waals surface area contributed by atoms with Gasteiger partial charge in [0.25, 0.3) is 5.91 Å². The average molecular weight is 300 g/mol. The predicted octanol–water partition coefficient (Wildman–Crippen LogP) is 2.79. The molecule has 3 N–H and O–H groups in total. The first-order valence-corrected chi connectivity index (χ1v) is 7.18. The molecular formula is C15H12N2O3S. The van der Waals surface area contributed by atoms with Crippen molar-refractivity contribution in [1.29, 1.82) is 0 Å². The van der Waals surface area contributed by atoms with E-state index >= 15 is 0 Å². The number of para-hydroxylation sites is 1. The molecule has 0 bridgehead atoms. The summed E-state index contributed by atoms with van der Waals surface area (Å²) in [4.78, 5) is 27.1. The molecule has 106 valence electrons. The van der Waals surface area contributed by atoms with Gasteiger partial charge in [-0.1, -0.05) is 24.3 Å². The van der Waals surface area contributed by atoms with Gasteiger partial charge >= 0.3 is 5.97 Å². The van der Waals surface area contributed by atoms with E-state index < -0.39 is 17.9 Å². The maximum Gasteiger partial charge on any atom is 0.331 e. The van der Waals surface area contributed by atoms with Crippen LogP contribution in [0.1, 0.15) is 21.4 Å². The number of benzene rings is 1. The van der Waals surface area contributed by atoms with Crippen LogP contribution in [0.4, 0.5) is 0 Å². The Morgan fingerprint density at radius 2 is 2.00 bits per heavy atom. The number of nitrogens with one attached hydrogen (secondary N) is 2. The van der Waals surface area contributed by atoms with Gasteiger partial charge in [-0.2, -0.15) is 0 Å². The van der Waals surface area contributed by atoms with Crippen LogP contribution in [-0.2, 0) is 4.79 Å². The summed E-state index contributed by atoms with van der Waals surface area (Å²) in [5.74, 6) is -1.52. The zero-order chi connectivity index (χ0) is 14.8. The van der Waals surface area contributed by atoms with Crippen molar-refractivity contribution in [1.82, 2.24) is 10.3 Å². The van der Waals surface area contributed by atoms with E-state index in [0.717, 1.165) is 10.9 Å². The Hall–Kier alpha value is -2.60. The molecule has 21 heavy (non-hydrogen) atoms. The highest BCUT2D eigenvalue weighted by Gasteiger charge is 2.24. The van der Waals surface area contributed by atoms with E-state index in [4.69, 9.17) is 0 Å². The molecule has 3 rings (SSSR count). The highest BCUT2D eigenvalue weighted by Crippen LogP contribution is 2.20. The van der Waals surface area contributed by atoms with Crippen molar-refractivity contribution in [2.75, 3.05) is 0 Å². The van der Waals surface area contributed by atoms with Crippen LogP contribution in [0.25, 0.3) is 10.9 Å². The first-order valence-electron chi connectivity index (χ1n) is 6.30. The first-order chi connectivity index (χ1) is 10.1. The number of fused-ring (bicyclic) bond motifs is 1. The number of carbonyl (C=O) groups excluding carboxylic acids is 1. The molecule has 0 spiro atoms. The van der Waals surface area contributed by atoms with Crippen LogP contribution in [-0.4, -0.2) is 22.0 Å². The van der Waals surface area contributed by atoms with Gasteiger partial charge < -0.3 is 15.4 Å². The average Bonchev–Trinajstić information content (AvgIpc) is 3.12. The molecule has 5 nitrogen and oxygen atoms in total. The lowest BCUT2D eigenvalue weighted by molar-refractivity contribution is -0.139. The third kappa shape index (κ3) is 2.66. The normalized spacial score (nSPS) is 12.2. The fourth-order valence-corrected chi connectivity index (χ4v) is 2.88. The van der Waals surface area contributed by atoms with Gasteiger partial charge in [-0.05, 0) is 23.6 Å². The molecular weight excluding hydrogens is 288 g/mol. The van der Waals surface area contributed by atoms with Crippen molar-refractivity contribution in [2.45, 2.75) is 6.04 Å². The Morgan fingerprint density at radius 3 is 2.67 bits per heavy atom. The summed E-state index contributed by atoms with van der Waals surface area (Å²) in [6.45, 7) is 0. The fraction of sp³-hybridized carbons (Fsp3) is 0.0667. The number of H-pyrrole nitrogens is 1. The van der Waals surface area contributed by atoms with E-state index in [1.165, 1.54) is 11.3 Å². The molecule has 2 heterocycles. The van der Waals surface area contributed by atoms with Gasteiger partial charge in [0.2, 0.25) is 0 Å². The monoisotopic (exact) mass is 300 g/mol. The van der Waals surface area contributed by atoms with Crippen LogP contribution < -0.4 is 5.32 Å². The van der Waals surface area contributed by atoms with E-state index in [1.54, 1.807) is 23.6 Å². The van der Waals surface area contributed by atoms with Crippen LogP contribution in [0, 0.1) is 0 Å². The van der Waals surface area contributed by atoms with Crippen LogP contribution >= 0.6 is 11.3 Å². The molecule has 2 aromatic heterocycles. The quantitative estimate of drug-likeness (QED) is 0.693. The summed E-state index contributed by atoms with van der Waals surface area (Å²) < 4.78 is 0. The topological polar surface area (TPSA) is 82.2 Å². The third-order valence-corrected chi connectivity index (χ3v) is 4.06. The summed E-state index contributed by atoms with van der Waals surface area (Å²) in [5.41, 5.74) is 1.18. The Morgan fingerprint density at radius 1 is 1.19 bits per heavy atom. The number of amides is 1. The molecule has 1 atom stereocenters. The minimum atomic E-state index is -1.08. The van der Waals surface area contributed by atoms with E-state index in [9.17, 15) is 14.7 Å². The van der Waals surface area contributed by atoms with Crippen molar-refractivity contribution in [3.05, 3.63) is 58.4 Å². The Labute approximate surface area is 124 Å². The lowest BCUT2D eigenvalue weighted by atomic mass is 10.2. The Balaban J connectivity index is 1.86. The standard InChI is InChI=1S/C15H12N2O3S/c18-14(11-8-9-4-1-2-5-10(9)16-11)17-13(15(19)20)12-6-3-7-21-12/h1-8,13,16H,(H,17,18)(H,19,20). The lowest BCUT2D eigenvalue weighted by Gasteiger charge is -2.12. The maximum atomic E-state index is 12.2. The highest BCUT2D eigenvalue weighted by molar-refractivity contribution is 7.10. The molecule has 3 aromatic rings. The van der Waals surface area contributed by atoms with Gasteiger partial charge in [-0.25, -0.2) is 4.79 Å². The Bertz CT molecular complexity index is 759. The smallest absolute Gasteiger partial charge is 0.331 e. The van der Waals surface area contributed by atoms with Gasteiger partial charge in [-0.3, -0.25) is 4.79 Å². The molecule has 0 fully saturated rings. The molecule has 0 radical (unpaired) electrons. The molecule has 1 unspecified atom stereocenters. The Kier molecular flexibility index (Phi) is 3.45. The second-order valence-corrected chi connectivity index (χ2v) is 5.51. The molecule has 1 aromatic carbocycles. The van der Waals surface area contributed by atoms with Crippen LogP contribution in [0.15, 0.2) is 47.8 Å². The molecule has 0 aliphatic rings. The number of carboxylic acids is 1. The fourth-order valence-electron chi connectivity index (χ4n) is 2.11. The summed E-state index contributed by atoms with van der Waals surface area (Å²) in [6, 6.07) is 11.6. The van der Waals surface area contributed by atoms with Gasteiger partial charge in [-0.15, -0.1) is 11.3 Å². The largest absolute Gasteiger partial charge is 0.479 e. The zero-order valence-electron chi connectivity index (χ0n) is 10.9. The van der Waals surface area contributed by atoms with Gasteiger partial charge in [0.15, 0.2) is 6.04 Å². The van der Waals surface area contributed by atoms with E-state index in [0.29, 0.717) is 10.6 Å². The number of aliphatic carboxylic acids is 1. The molecule has 0 saturated heterocycles. The number of aromatic nitrogens is 1. The van der Waals surface area contributed by atoms with E-state index in [-0.39, 0.29) is 0 Å². The lowest BCUT2D eigenvalue weighted by Crippen LogP contribution is -2.33. The van der Waals surface area contributed by atoms with Crippen molar-refractivity contribution in [2.24, 2.45) is 0 Å². The number of rotatable bonds is 4. The van der Waals surface area contributed by atoms with Crippen molar-refractivity contribution in [3.8, 4) is 0 Å². The van der Waals surface area contributed by atoms with Crippen LogP contribution in [0.5, 0.6) is 0 Å². The van der Waals surface area contributed by atoms with Crippen LogP contribution in [0.3, 0.4) is 0 Å². The minimum absolute atomic E-state index is 0.346.